The van der Waals surface area contributed by atoms with Crippen molar-refractivity contribution >= 4 is 25.7 Å². The maximum absolute atomic E-state index is 11.0. The van der Waals surface area contributed by atoms with Gasteiger partial charge in [-0.2, -0.15) is 30.3 Å². The van der Waals surface area contributed by atoms with Gasteiger partial charge in [0.05, 0.1) is 6.61 Å². The molecule has 72 valence electrons. The van der Waals surface area contributed by atoms with Crippen LogP contribution in [0.5, 0.6) is 0 Å². The van der Waals surface area contributed by atoms with Crippen LogP contribution in [0.4, 0.5) is 0 Å². The summed E-state index contributed by atoms with van der Waals surface area (Å²) in [6.45, 7) is 2.24. The first-order chi connectivity index (χ1) is 6.83. The molecule has 0 bridgehead atoms. The van der Waals surface area contributed by atoms with Gasteiger partial charge < -0.3 is 4.74 Å². The zero-order chi connectivity index (χ0) is 10.8. The molecule has 1 aromatic rings. The van der Waals surface area contributed by atoms with Crippen LogP contribution in [0.25, 0.3) is 0 Å². The average Bonchev–Trinajstić information content (AvgIpc) is 2.22. The van der Waals surface area contributed by atoms with Crippen molar-refractivity contribution in [3.63, 3.8) is 0 Å². The van der Waals surface area contributed by atoms with E-state index in [9.17, 15) is 4.79 Å². The summed E-state index contributed by atoms with van der Waals surface area (Å²) in [4.78, 5) is 11.0. The molecule has 14 heavy (non-hydrogen) atoms. The molecule has 1 aromatic carbocycles. The Morgan fingerprint density at radius 2 is 2.07 bits per heavy atom. The summed E-state index contributed by atoms with van der Waals surface area (Å²) in [5.74, 6) is -0.177. The van der Waals surface area contributed by atoms with Crippen molar-refractivity contribution in [2.24, 2.45) is 0 Å². The fraction of sp³-hybridized carbons (Fsp3) is 0.300. The number of halogens is 1. The second-order valence-corrected chi connectivity index (χ2v) is 2.39. The summed E-state index contributed by atoms with van der Waals surface area (Å²) in [5.41, 5.74) is 0.965. The molecule has 0 radical (unpaired) electrons. The van der Waals surface area contributed by atoms with Crippen molar-refractivity contribution in [1.29, 1.82) is 0 Å². The summed E-state index contributed by atoms with van der Waals surface area (Å²) in [5, 5.41) is 0. The molecule has 2 nitrogen and oxygen atoms in total. The van der Waals surface area contributed by atoms with Gasteiger partial charge in [0, 0.05) is 6.42 Å². The fourth-order valence-electron chi connectivity index (χ4n) is 0.918. The van der Waals surface area contributed by atoms with Crippen LogP contribution in [-0.4, -0.2) is 12.6 Å². The Labute approximate surface area is 105 Å². The molecule has 4 heteroatoms. The second kappa shape index (κ2) is 9.59. The number of carbonyl (C=O) groups excluding carboxylic acids is 1. The molecule has 0 atom stereocenters. The summed E-state index contributed by atoms with van der Waals surface area (Å²) in [7, 11) is 0. The SMILES string of the molecule is CCOC(=O)Cc1cc[c-]cc1.[Zn+][I]. The first-order valence-electron chi connectivity index (χ1n) is 4.20. The van der Waals surface area contributed by atoms with Crippen molar-refractivity contribution in [2.45, 2.75) is 13.3 Å². The number of hydrogen-bond acceptors (Lipinski definition) is 2. The van der Waals surface area contributed by atoms with Crippen LogP contribution in [0.3, 0.4) is 0 Å². The van der Waals surface area contributed by atoms with Gasteiger partial charge in [-0.15, -0.1) is 5.56 Å². The molecule has 0 aliphatic rings. The van der Waals surface area contributed by atoms with Gasteiger partial charge in [-0.3, -0.25) is 4.79 Å². The monoisotopic (exact) mass is 354 g/mol. The molecule has 0 heterocycles. The van der Waals surface area contributed by atoms with E-state index in [1.165, 1.54) is 14.8 Å². The zero-order valence-corrected chi connectivity index (χ0v) is 13.2. The molecular formula is C10H11IO2Zn. The van der Waals surface area contributed by atoms with Crippen molar-refractivity contribution in [3.8, 4) is 0 Å². The normalized spacial score (nSPS) is 8.57. The van der Waals surface area contributed by atoms with E-state index in [2.05, 4.69) is 25.8 Å². The maximum atomic E-state index is 11.0. The van der Waals surface area contributed by atoms with Crippen molar-refractivity contribution < 1.29 is 24.3 Å². The molecule has 0 aliphatic carbocycles. The number of carbonyl (C=O) groups is 1. The van der Waals surface area contributed by atoms with Gasteiger partial charge in [-0.05, 0) is 6.92 Å². The molecule has 0 unspecified atom stereocenters. The van der Waals surface area contributed by atoms with E-state index >= 15 is 0 Å². The van der Waals surface area contributed by atoms with Gasteiger partial charge in [0.15, 0.2) is 0 Å². The fourth-order valence-corrected chi connectivity index (χ4v) is 0.918. The molecule has 0 saturated carbocycles. The Kier molecular flexibility index (Phi) is 9.62. The standard InChI is InChI=1S/C10H11O2.HI.Zn/c1-2-12-10(11)8-9-6-4-3-5-7-9;;/h4-7H,2,8H2,1H3;1H;/q-1;;+2/p-1. The summed E-state index contributed by atoms with van der Waals surface area (Å²) < 4.78 is 4.80. The van der Waals surface area contributed by atoms with Crippen LogP contribution < -0.4 is 0 Å². The first-order valence-corrected chi connectivity index (χ1v) is 13.2. The van der Waals surface area contributed by atoms with Crippen molar-refractivity contribution in [3.05, 3.63) is 35.9 Å². The van der Waals surface area contributed by atoms with Crippen LogP contribution in [0.15, 0.2) is 24.3 Å². The topological polar surface area (TPSA) is 26.3 Å². The van der Waals surface area contributed by atoms with E-state index in [1.807, 2.05) is 12.1 Å². The number of esters is 1. The van der Waals surface area contributed by atoms with E-state index in [0.29, 0.717) is 13.0 Å². The zero-order valence-electron chi connectivity index (χ0n) is 8.13. The van der Waals surface area contributed by atoms with Gasteiger partial charge in [0.1, 0.15) is 0 Å². The number of rotatable bonds is 3. The van der Waals surface area contributed by atoms with Gasteiger partial charge in [0.25, 0.3) is 0 Å². The van der Waals surface area contributed by atoms with Gasteiger partial charge in [0.2, 0.25) is 0 Å². The van der Waals surface area contributed by atoms with Crippen LogP contribution in [0, 0.1) is 6.07 Å². The van der Waals surface area contributed by atoms with Crippen LogP contribution >= 0.6 is 19.8 Å². The molecule has 0 saturated heterocycles. The van der Waals surface area contributed by atoms with Gasteiger partial charge in [-0.25, -0.2) is 0 Å². The third-order valence-electron chi connectivity index (χ3n) is 1.44. The molecule has 1 rings (SSSR count). The molecule has 0 amide bonds. The van der Waals surface area contributed by atoms with Crippen LogP contribution in [-0.2, 0) is 30.7 Å². The van der Waals surface area contributed by atoms with E-state index in [1.54, 1.807) is 19.1 Å². The van der Waals surface area contributed by atoms with E-state index in [0.717, 1.165) is 5.56 Å². The second-order valence-electron chi connectivity index (χ2n) is 2.39. The number of hydrogen-bond donors (Lipinski definition) is 0. The molecule has 0 aromatic heterocycles. The predicted octanol–water partition coefficient (Wildman–Crippen LogP) is 2.48. The van der Waals surface area contributed by atoms with Crippen molar-refractivity contribution in [2.75, 3.05) is 6.61 Å². The van der Waals surface area contributed by atoms with Crippen LogP contribution in [0.2, 0.25) is 0 Å². The minimum absolute atomic E-state index is 0.177. The number of ether oxygens (including phenoxy) is 1. The quantitative estimate of drug-likeness (QED) is 0.360. The third-order valence-corrected chi connectivity index (χ3v) is 1.44. The molecule has 0 spiro atoms. The Morgan fingerprint density at radius 1 is 1.50 bits per heavy atom. The van der Waals surface area contributed by atoms with E-state index in [4.69, 9.17) is 4.74 Å². The van der Waals surface area contributed by atoms with Crippen molar-refractivity contribution in [1.82, 2.24) is 0 Å². The van der Waals surface area contributed by atoms with Gasteiger partial charge >= 0.3 is 40.5 Å². The van der Waals surface area contributed by atoms with Crippen LogP contribution in [0.1, 0.15) is 12.5 Å². The summed E-state index contributed by atoms with van der Waals surface area (Å²) >= 11 is 3.62. The van der Waals surface area contributed by atoms with E-state index in [-0.39, 0.29) is 5.97 Å². The first kappa shape index (κ1) is 14.0. The summed E-state index contributed by atoms with van der Waals surface area (Å²) in [6, 6.07) is 10.2. The molecular weight excluding hydrogens is 344 g/mol. The molecule has 0 fully saturated rings. The Morgan fingerprint density at radius 3 is 2.57 bits per heavy atom. The average molecular weight is 355 g/mol. The Bertz CT molecular complexity index is 252. The Hall–Kier alpha value is 0.0434. The van der Waals surface area contributed by atoms with E-state index < -0.39 is 0 Å². The number of benzene rings is 1. The predicted molar refractivity (Wildman–Crippen MR) is 59.6 cm³/mol. The van der Waals surface area contributed by atoms with Gasteiger partial charge in [-0.1, -0.05) is 0 Å². The molecule has 0 N–H and O–H groups in total. The minimum atomic E-state index is -0.177. The third kappa shape index (κ3) is 6.49. The summed E-state index contributed by atoms with van der Waals surface area (Å²) in [6.07, 6.45) is 0.350. The molecule has 0 aliphatic heterocycles. The Balaban J connectivity index is 0.000000791.